The van der Waals surface area contributed by atoms with Gasteiger partial charge in [0.1, 0.15) is 5.52 Å². The van der Waals surface area contributed by atoms with Crippen LogP contribution in [0.25, 0.3) is 22.4 Å². The van der Waals surface area contributed by atoms with Crippen LogP contribution in [0.4, 0.5) is 0 Å². The Morgan fingerprint density at radius 1 is 1.15 bits per heavy atom. The number of ether oxygens (including phenoxy) is 2. The Morgan fingerprint density at radius 2 is 1.95 bits per heavy atom. The van der Waals surface area contributed by atoms with E-state index in [1.165, 1.54) is 0 Å². The van der Waals surface area contributed by atoms with E-state index in [1.807, 2.05) is 24.4 Å². The second kappa shape index (κ2) is 5.28. The largest absolute Gasteiger partial charge is 0.493 e. The molecule has 2 heterocycles. The van der Waals surface area contributed by atoms with Crippen LogP contribution < -0.4 is 9.47 Å². The van der Waals surface area contributed by atoms with E-state index in [2.05, 4.69) is 37.5 Å². The standard InChI is InChI=1S/C14H12IN3O2/c1-19-11-4-3-8(5-12(11)20-2)10-7-17-14-13(18-10)9(15)6-16-14/h3-7H,1-2H3,(H,16,17). The van der Waals surface area contributed by atoms with Crippen LogP contribution in [0, 0.1) is 3.57 Å². The van der Waals surface area contributed by atoms with E-state index in [1.54, 1.807) is 20.4 Å². The van der Waals surface area contributed by atoms with Crippen molar-refractivity contribution < 1.29 is 9.47 Å². The molecule has 0 saturated heterocycles. The molecule has 6 heteroatoms. The third-order valence-electron chi connectivity index (χ3n) is 3.01. The third-order valence-corrected chi connectivity index (χ3v) is 3.84. The number of methoxy groups -OCH3 is 2. The second-order valence-electron chi connectivity index (χ2n) is 4.16. The second-order valence-corrected chi connectivity index (χ2v) is 5.32. The minimum absolute atomic E-state index is 0.677. The Hall–Kier alpha value is -1.83. The van der Waals surface area contributed by atoms with Crippen LogP contribution in [-0.4, -0.2) is 29.2 Å². The molecular formula is C14H12IN3O2. The topological polar surface area (TPSA) is 60.0 Å². The monoisotopic (exact) mass is 381 g/mol. The lowest BCUT2D eigenvalue weighted by atomic mass is 10.1. The fraction of sp³-hybridized carbons (Fsp3) is 0.143. The molecule has 0 fully saturated rings. The van der Waals surface area contributed by atoms with Gasteiger partial charge in [0.25, 0.3) is 0 Å². The number of aromatic nitrogens is 3. The van der Waals surface area contributed by atoms with Crippen LogP contribution in [0.5, 0.6) is 11.5 Å². The molecule has 0 amide bonds. The van der Waals surface area contributed by atoms with E-state index >= 15 is 0 Å². The quantitative estimate of drug-likeness (QED) is 0.708. The molecule has 3 aromatic rings. The highest BCUT2D eigenvalue weighted by Crippen LogP contribution is 2.32. The lowest BCUT2D eigenvalue weighted by Crippen LogP contribution is -1.92. The van der Waals surface area contributed by atoms with Crippen LogP contribution in [-0.2, 0) is 0 Å². The zero-order valence-electron chi connectivity index (χ0n) is 11.0. The number of H-pyrrole nitrogens is 1. The predicted molar refractivity (Wildman–Crippen MR) is 85.1 cm³/mol. The molecule has 2 aromatic heterocycles. The first-order chi connectivity index (χ1) is 9.72. The molecule has 0 radical (unpaired) electrons. The Bertz CT molecular complexity index is 770. The summed E-state index contributed by atoms with van der Waals surface area (Å²) in [4.78, 5) is 12.1. The van der Waals surface area contributed by atoms with E-state index in [9.17, 15) is 0 Å². The van der Waals surface area contributed by atoms with Gasteiger partial charge in [0, 0.05) is 11.8 Å². The molecule has 1 aromatic carbocycles. The van der Waals surface area contributed by atoms with Crippen molar-refractivity contribution in [3.05, 3.63) is 34.2 Å². The average Bonchev–Trinajstić information content (AvgIpc) is 2.87. The highest BCUT2D eigenvalue weighted by molar-refractivity contribution is 14.1. The Morgan fingerprint density at radius 3 is 2.70 bits per heavy atom. The van der Waals surface area contributed by atoms with Crippen molar-refractivity contribution in [2.75, 3.05) is 14.2 Å². The van der Waals surface area contributed by atoms with Crippen molar-refractivity contribution in [3.8, 4) is 22.8 Å². The molecule has 3 rings (SSSR count). The highest BCUT2D eigenvalue weighted by atomic mass is 127. The van der Waals surface area contributed by atoms with Gasteiger partial charge in [-0.3, -0.25) is 0 Å². The van der Waals surface area contributed by atoms with Gasteiger partial charge in [-0.1, -0.05) is 0 Å². The van der Waals surface area contributed by atoms with Crippen molar-refractivity contribution in [2.24, 2.45) is 0 Å². The lowest BCUT2D eigenvalue weighted by Gasteiger charge is -2.09. The zero-order chi connectivity index (χ0) is 14.1. The molecule has 0 aliphatic carbocycles. The first kappa shape index (κ1) is 13.2. The highest BCUT2D eigenvalue weighted by Gasteiger charge is 2.10. The summed E-state index contributed by atoms with van der Waals surface area (Å²) in [6.45, 7) is 0. The van der Waals surface area contributed by atoms with E-state index in [0.717, 1.165) is 26.0 Å². The van der Waals surface area contributed by atoms with Gasteiger partial charge in [0.05, 0.1) is 29.7 Å². The first-order valence-corrected chi connectivity index (χ1v) is 7.03. The number of hydrogen-bond donors (Lipinski definition) is 1. The summed E-state index contributed by atoms with van der Waals surface area (Å²) in [5, 5.41) is 0. The van der Waals surface area contributed by atoms with Gasteiger partial charge in [-0.25, -0.2) is 9.97 Å². The minimum Gasteiger partial charge on any atom is -0.493 e. The van der Waals surface area contributed by atoms with E-state index in [4.69, 9.17) is 9.47 Å². The molecule has 0 aliphatic heterocycles. The van der Waals surface area contributed by atoms with Gasteiger partial charge in [-0.2, -0.15) is 0 Å². The summed E-state index contributed by atoms with van der Waals surface area (Å²) in [5.74, 6) is 1.37. The maximum absolute atomic E-state index is 5.31. The molecule has 0 saturated carbocycles. The van der Waals surface area contributed by atoms with Crippen molar-refractivity contribution in [3.63, 3.8) is 0 Å². The molecule has 5 nitrogen and oxygen atoms in total. The van der Waals surface area contributed by atoms with E-state index < -0.39 is 0 Å². The summed E-state index contributed by atoms with van der Waals surface area (Å²) >= 11 is 2.24. The maximum Gasteiger partial charge on any atom is 0.161 e. The van der Waals surface area contributed by atoms with Gasteiger partial charge in [0.2, 0.25) is 0 Å². The smallest absolute Gasteiger partial charge is 0.161 e. The number of benzene rings is 1. The molecule has 20 heavy (non-hydrogen) atoms. The summed E-state index contributed by atoms with van der Waals surface area (Å²) in [6.07, 6.45) is 3.64. The zero-order valence-corrected chi connectivity index (χ0v) is 13.1. The Labute approximate surface area is 129 Å². The van der Waals surface area contributed by atoms with Gasteiger partial charge in [-0.05, 0) is 40.8 Å². The van der Waals surface area contributed by atoms with Crippen LogP contribution in [0.3, 0.4) is 0 Å². The number of rotatable bonds is 3. The number of aromatic amines is 1. The molecule has 102 valence electrons. The molecule has 1 N–H and O–H groups in total. The minimum atomic E-state index is 0.677. The van der Waals surface area contributed by atoms with Gasteiger partial charge < -0.3 is 14.5 Å². The molecule has 0 spiro atoms. The molecule has 0 atom stereocenters. The summed E-state index contributed by atoms with van der Waals surface area (Å²) in [7, 11) is 3.23. The molecular weight excluding hydrogens is 369 g/mol. The Kier molecular flexibility index (Phi) is 3.47. The summed E-state index contributed by atoms with van der Waals surface area (Å²) in [5.41, 5.74) is 3.40. The Balaban J connectivity index is 2.12. The number of nitrogens with one attached hydrogen (secondary N) is 1. The number of halogens is 1. The van der Waals surface area contributed by atoms with E-state index in [-0.39, 0.29) is 0 Å². The first-order valence-electron chi connectivity index (χ1n) is 5.95. The fourth-order valence-corrected chi connectivity index (χ4v) is 2.53. The van der Waals surface area contributed by atoms with Gasteiger partial charge in [-0.15, -0.1) is 0 Å². The van der Waals surface area contributed by atoms with Crippen molar-refractivity contribution in [1.29, 1.82) is 0 Å². The van der Waals surface area contributed by atoms with Crippen molar-refractivity contribution in [1.82, 2.24) is 15.0 Å². The van der Waals surface area contributed by atoms with E-state index in [0.29, 0.717) is 11.5 Å². The lowest BCUT2D eigenvalue weighted by molar-refractivity contribution is 0.355. The predicted octanol–water partition coefficient (Wildman–Crippen LogP) is 3.25. The fourth-order valence-electron chi connectivity index (χ4n) is 2.00. The summed E-state index contributed by atoms with van der Waals surface area (Å²) in [6, 6.07) is 5.70. The number of fused-ring (bicyclic) bond motifs is 1. The van der Waals surface area contributed by atoms with Crippen LogP contribution >= 0.6 is 22.6 Å². The van der Waals surface area contributed by atoms with Crippen LogP contribution in [0.2, 0.25) is 0 Å². The summed E-state index contributed by atoms with van der Waals surface area (Å²) < 4.78 is 11.6. The SMILES string of the molecule is COc1ccc(-c2cnc3[nH]cc(I)c3n2)cc1OC. The van der Waals surface area contributed by atoms with Crippen molar-refractivity contribution >= 4 is 33.8 Å². The molecule has 0 unspecified atom stereocenters. The molecule has 0 bridgehead atoms. The van der Waals surface area contributed by atoms with Crippen LogP contribution in [0.15, 0.2) is 30.6 Å². The number of hydrogen-bond acceptors (Lipinski definition) is 4. The average molecular weight is 381 g/mol. The number of nitrogens with zero attached hydrogens (tertiary/aromatic N) is 2. The maximum atomic E-state index is 5.31. The third kappa shape index (κ3) is 2.20. The van der Waals surface area contributed by atoms with Gasteiger partial charge in [0.15, 0.2) is 17.1 Å². The normalized spacial score (nSPS) is 10.8. The van der Waals surface area contributed by atoms with Gasteiger partial charge >= 0.3 is 0 Å². The molecule has 0 aliphatic rings. The van der Waals surface area contributed by atoms with Crippen molar-refractivity contribution in [2.45, 2.75) is 0 Å². The van der Waals surface area contributed by atoms with Crippen LogP contribution in [0.1, 0.15) is 0 Å².